The number of fused-ring (bicyclic) bond motifs is 3. The summed E-state index contributed by atoms with van der Waals surface area (Å²) in [5.74, 6) is 0. The first kappa shape index (κ1) is 20.1. The third kappa shape index (κ3) is 2.75. The van der Waals surface area contributed by atoms with Crippen LogP contribution in [0.4, 0.5) is 5.69 Å². The van der Waals surface area contributed by atoms with Crippen LogP contribution in [0.15, 0.2) is 121 Å². The van der Waals surface area contributed by atoms with Gasteiger partial charge in [0.15, 0.2) is 0 Å². The number of nitro benzene ring substituents is 1. The normalized spacial score (nSPS) is 16.0. The van der Waals surface area contributed by atoms with E-state index in [1.54, 1.807) is 12.1 Å². The fourth-order valence-electron chi connectivity index (χ4n) is 5.42. The minimum Gasteiger partial charge on any atom is -0.260 e. The summed E-state index contributed by atoms with van der Waals surface area (Å²) in [7, 11) is 0. The first-order valence-corrected chi connectivity index (χ1v) is 11.2. The maximum Gasteiger partial charge on any atom is 0.277 e. The molecule has 4 nitrogen and oxygen atoms in total. The molecule has 1 aliphatic rings. The van der Waals surface area contributed by atoms with Crippen molar-refractivity contribution < 1.29 is 4.92 Å². The lowest BCUT2D eigenvalue weighted by Gasteiger charge is -2.32. The number of aromatic nitrogens is 1. The Morgan fingerprint density at radius 1 is 0.618 bits per heavy atom. The van der Waals surface area contributed by atoms with E-state index in [-0.39, 0.29) is 10.6 Å². The SMILES string of the molecule is O=[N+]([O-])c1ccccc1-c1cccc2c1-c1ccccc1C2(c1ccccc1)c1ccccn1. The highest BCUT2D eigenvalue weighted by molar-refractivity contribution is 5.96. The molecule has 162 valence electrons. The Bertz CT molecular complexity index is 1490. The van der Waals surface area contributed by atoms with Gasteiger partial charge in [0, 0.05) is 12.3 Å². The minimum absolute atomic E-state index is 0.100. The molecule has 0 radical (unpaired) electrons. The van der Waals surface area contributed by atoms with Crippen LogP contribution in [0.1, 0.15) is 22.4 Å². The van der Waals surface area contributed by atoms with E-state index in [4.69, 9.17) is 4.98 Å². The van der Waals surface area contributed by atoms with Crippen LogP contribution in [0.25, 0.3) is 22.3 Å². The second kappa shape index (κ2) is 7.78. The van der Waals surface area contributed by atoms with Gasteiger partial charge in [0.2, 0.25) is 0 Å². The number of nitro groups is 1. The zero-order valence-corrected chi connectivity index (χ0v) is 18.3. The molecule has 1 heterocycles. The lowest BCUT2D eigenvalue weighted by molar-refractivity contribution is -0.384. The van der Waals surface area contributed by atoms with E-state index in [2.05, 4.69) is 42.5 Å². The zero-order chi connectivity index (χ0) is 23.1. The highest BCUT2D eigenvalue weighted by Crippen LogP contribution is 2.58. The Balaban J connectivity index is 1.78. The van der Waals surface area contributed by atoms with E-state index in [9.17, 15) is 10.1 Å². The van der Waals surface area contributed by atoms with Gasteiger partial charge in [-0.2, -0.15) is 0 Å². The largest absolute Gasteiger partial charge is 0.277 e. The molecule has 0 N–H and O–H groups in total. The van der Waals surface area contributed by atoms with Crippen LogP contribution >= 0.6 is 0 Å². The molecule has 1 aliphatic carbocycles. The molecule has 1 unspecified atom stereocenters. The Kier molecular flexibility index (Phi) is 4.59. The third-order valence-electron chi connectivity index (χ3n) is 6.72. The Labute approximate surface area is 197 Å². The quantitative estimate of drug-likeness (QED) is 0.219. The number of hydrogen-bond acceptors (Lipinski definition) is 3. The predicted molar refractivity (Wildman–Crippen MR) is 134 cm³/mol. The monoisotopic (exact) mass is 440 g/mol. The van der Waals surface area contributed by atoms with Crippen molar-refractivity contribution in [2.24, 2.45) is 0 Å². The van der Waals surface area contributed by atoms with Gasteiger partial charge in [-0.15, -0.1) is 0 Å². The molecule has 0 spiro atoms. The fourth-order valence-corrected chi connectivity index (χ4v) is 5.42. The van der Waals surface area contributed by atoms with Gasteiger partial charge in [0.25, 0.3) is 5.69 Å². The average molecular weight is 441 g/mol. The molecular weight excluding hydrogens is 420 g/mol. The molecule has 0 fully saturated rings. The smallest absolute Gasteiger partial charge is 0.260 e. The Hall–Kier alpha value is -4.57. The van der Waals surface area contributed by atoms with E-state index in [0.717, 1.165) is 39.1 Å². The van der Waals surface area contributed by atoms with E-state index in [1.807, 2.05) is 66.9 Å². The van der Waals surface area contributed by atoms with Gasteiger partial charge in [-0.25, -0.2) is 0 Å². The van der Waals surface area contributed by atoms with Crippen LogP contribution in [0, 0.1) is 10.1 Å². The van der Waals surface area contributed by atoms with Crippen molar-refractivity contribution in [3.8, 4) is 22.3 Å². The number of rotatable bonds is 4. The van der Waals surface area contributed by atoms with Gasteiger partial charge in [-0.3, -0.25) is 15.1 Å². The first-order valence-electron chi connectivity index (χ1n) is 11.2. The second-order valence-corrected chi connectivity index (χ2v) is 8.38. The number of pyridine rings is 1. The molecule has 1 aromatic heterocycles. The van der Waals surface area contributed by atoms with Crippen LogP contribution in [0.5, 0.6) is 0 Å². The third-order valence-corrected chi connectivity index (χ3v) is 6.72. The summed E-state index contributed by atoms with van der Waals surface area (Å²) in [4.78, 5) is 16.4. The lowest BCUT2D eigenvalue weighted by atomic mass is 9.69. The van der Waals surface area contributed by atoms with Crippen LogP contribution in [0.2, 0.25) is 0 Å². The van der Waals surface area contributed by atoms with Crippen molar-refractivity contribution in [2.75, 3.05) is 0 Å². The first-order chi connectivity index (χ1) is 16.7. The molecule has 6 rings (SSSR count). The zero-order valence-electron chi connectivity index (χ0n) is 18.3. The molecule has 34 heavy (non-hydrogen) atoms. The van der Waals surface area contributed by atoms with Crippen molar-refractivity contribution >= 4 is 5.69 Å². The second-order valence-electron chi connectivity index (χ2n) is 8.38. The van der Waals surface area contributed by atoms with Gasteiger partial charge < -0.3 is 0 Å². The topological polar surface area (TPSA) is 56.0 Å². The molecule has 0 saturated carbocycles. The summed E-state index contributed by atoms with van der Waals surface area (Å²) >= 11 is 0. The van der Waals surface area contributed by atoms with Crippen molar-refractivity contribution in [3.05, 3.63) is 154 Å². The Morgan fingerprint density at radius 3 is 2.03 bits per heavy atom. The van der Waals surface area contributed by atoms with Gasteiger partial charge in [-0.1, -0.05) is 91.0 Å². The van der Waals surface area contributed by atoms with Crippen molar-refractivity contribution in [2.45, 2.75) is 5.41 Å². The van der Waals surface area contributed by atoms with Crippen molar-refractivity contribution in [3.63, 3.8) is 0 Å². The maximum atomic E-state index is 11.9. The van der Waals surface area contributed by atoms with Crippen LogP contribution in [0.3, 0.4) is 0 Å². The van der Waals surface area contributed by atoms with E-state index >= 15 is 0 Å². The number of hydrogen-bond donors (Lipinski definition) is 0. The minimum atomic E-state index is -0.631. The van der Waals surface area contributed by atoms with Gasteiger partial charge >= 0.3 is 0 Å². The predicted octanol–water partition coefficient (Wildman–Crippen LogP) is 7.02. The summed E-state index contributed by atoms with van der Waals surface area (Å²) in [6, 6.07) is 37.8. The summed E-state index contributed by atoms with van der Waals surface area (Å²) in [6.07, 6.45) is 1.83. The average Bonchev–Trinajstić information content (AvgIpc) is 3.21. The van der Waals surface area contributed by atoms with Gasteiger partial charge in [0.1, 0.15) is 0 Å². The van der Waals surface area contributed by atoms with E-state index in [0.29, 0.717) is 5.56 Å². The van der Waals surface area contributed by atoms with Crippen molar-refractivity contribution in [1.82, 2.24) is 4.98 Å². The molecule has 0 aliphatic heterocycles. The molecule has 0 bridgehead atoms. The lowest BCUT2D eigenvalue weighted by Crippen LogP contribution is -2.29. The van der Waals surface area contributed by atoms with Gasteiger partial charge in [-0.05, 0) is 51.6 Å². The summed E-state index contributed by atoms with van der Waals surface area (Å²) in [5.41, 5.74) is 7.26. The van der Waals surface area contributed by atoms with Crippen LogP contribution < -0.4 is 0 Å². The highest BCUT2D eigenvalue weighted by Gasteiger charge is 2.48. The molecule has 4 heteroatoms. The fraction of sp³-hybridized carbons (Fsp3) is 0.0333. The number of benzene rings is 4. The van der Waals surface area contributed by atoms with E-state index in [1.165, 1.54) is 0 Å². The summed E-state index contributed by atoms with van der Waals surface area (Å²) in [5, 5.41) is 11.9. The summed E-state index contributed by atoms with van der Waals surface area (Å²) in [6.45, 7) is 0. The summed E-state index contributed by atoms with van der Waals surface area (Å²) < 4.78 is 0. The van der Waals surface area contributed by atoms with Gasteiger partial charge in [0.05, 0.1) is 21.6 Å². The highest BCUT2D eigenvalue weighted by atomic mass is 16.6. The standard InChI is InChI=1S/C30H20N2O2/c33-32(34)27-18-7-5-13-22(27)23-15-10-17-26-29(23)24-14-4-6-16-25(24)30(26,21-11-2-1-3-12-21)28-19-8-9-20-31-28/h1-20H. The molecule has 0 saturated heterocycles. The van der Waals surface area contributed by atoms with Crippen molar-refractivity contribution in [1.29, 1.82) is 0 Å². The maximum absolute atomic E-state index is 11.9. The number of para-hydroxylation sites is 1. The molecule has 0 amide bonds. The number of nitrogens with zero attached hydrogens (tertiary/aromatic N) is 2. The van der Waals surface area contributed by atoms with E-state index < -0.39 is 5.41 Å². The molecular formula is C30H20N2O2. The Morgan fingerprint density at radius 2 is 1.26 bits per heavy atom. The molecule has 1 atom stereocenters. The molecule has 4 aromatic carbocycles. The van der Waals surface area contributed by atoms with Crippen LogP contribution in [-0.4, -0.2) is 9.91 Å². The molecule has 5 aromatic rings. The van der Waals surface area contributed by atoms with Crippen LogP contribution in [-0.2, 0) is 5.41 Å².